The fourth-order valence-electron chi connectivity index (χ4n) is 2.14. The van der Waals surface area contributed by atoms with E-state index in [4.69, 9.17) is 9.63 Å². The quantitative estimate of drug-likeness (QED) is 0.723. The van der Waals surface area contributed by atoms with Crippen LogP contribution in [0.3, 0.4) is 0 Å². The van der Waals surface area contributed by atoms with Crippen LogP contribution in [0, 0.1) is 0 Å². The van der Waals surface area contributed by atoms with E-state index < -0.39 is 0 Å². The molecule has 24 heavy (non-hydrogen) atoms. The van der Waals surface area contributed by atoms with Crippen LogP contribution < -0.4 is 10.6 Å². The van der Waals surface area contributed by atoms with Gasteiger partial charge in [0.25, 0.3) is 5.89 Å². The van der Waals surface area contributed by atoms with Gasteiger partial charge in [0.1, 0.15) is 0 Å². The molecule has 0 spiro atoms. The van der Waals surface area contributed by atoms with Crippen LogP contribution in [-0.2, 0) is 0 Å². The lowest BCUT2D eigenvalue weighted by Gasteiger charge is -2.14. The van der Waals surface area contributed by atoms with Gasteiger partial charge in [-0.3, -0.25) is 0 Å². The van der Waals surface area contributed by atoms with Gasteiger partial charge < -0.3 is 20.3 Å². The Balaban J connectivity index is 1.92. The molecule has 2 rings (SSSR count). The molecular formula is C17H24N4O3. The molecule has 0 saturated carbocycles. The average Bonchev–Trinajstić information content (AvgIpc) is 3.03. The van der Waals surface area contributed by atoms with Crippen LogP contribution in [-0.4, -0.2) is 33.9 Å². The zero-order chi connectivity index (χ0) is 17.5. The predicted molar refractivity (Wildman–Crippen MR) is 91.8 cm³/mol. The molecule has 1 aromatic heterocycles. The first kappa shape index (κ1) is 17.9. The molecule has 7 heteroatoms. The molecule has 7 nitrogen and oxygen atoms in total. The van der Waals surface area contributed by atoms with E-state index in [0.29, 0.717) is 23.8 Å². The number of benzene rings is 1. The number of aromatic nitrogens is 2. The van der Waals surface area contributed by atoms with Crippen molar-refractivity contribution in [2.45, 2.75) is 45.6 Å². The summed E-state index contributed by atoms with van der Waals surface area (Å²) in [4.78, 5) is 16.2. The number of urea groups is 1. The highest BCUT2D eigenvalue weighted by atomic mass is 16.5. The maximum absolute atomic E-state index is 11.9. The fourth-order valence-corrected chi connectivity index (χ4v) is 2.14. The van der Waals surface area contributed by atoms with Gasteiger partial charge in [0.15, 0.2) is 5.82 Å². The van der Waals surface area contributed by atoms with Gasteiger partial charge in [-0.2, -0.15) is 4.98 Å². The summed E-state index contributed by atoms with van der Waals surface area (Å²) in [6.07, 6.45) is 1.40. The molecule has 0 aliphatic heterocycles. The summed E-state index contributed by atoms with van der Waals surface area (Å²) >= 11 is 0. The van der Waals surface area contributed by atoms with Crippen molar-refractivity contribution in [1.29, 1.82) is 0 Å². The Morgan fingerprint density at radius 1 is 1.25 bits per heavy atom. The molecule has 0 aliphatic rings. The van der Waals surface area contributed by atoms with Gasteiger partial charge in [0.05, 0.1) is 0 Å². The molecule has 0 fully saturated rings. The van der Waals surface area contributed by atoms with E-state index in [-0.39, 0.29) is 24.6 Å². The third-order valence-electron chi connectivity index (χ3n) is 3.52. The lowest BCUT2D eigenvalue weighted by atomic mass is 10.2. The van der Waals surface area contributed by atoms with Crippen LogP contribution in [0.5, 0.6) is 0 Å². The van der Waals surface area contributed by atoms with Gasteiger partial charge in [-0.25, -0.2) is 4.79 Å². The molecule has 3 N–H and O–H groups in total. The monoisotopic (exact) mass is 332 g/mol. The summed E-state index contributed by atoms with van der Waals surface area (Å²) in [5, 5.41) is 18.3. The second kappa shape index (κ2) is 8.44. The smallest absolute Gasteiger partial charge is 0.319 e. The van der Waals surface area contributed by atoms with Crippen LogP contribution in [0.25, 0.3) is 11.5 Å². The van der Waals surface area contributed by atoms with Crippen LogP contribution in [0.2, 0.25) is 0 Å². The van der Waals surface area contributed by atoms with E-state index in [9.17, 15) is 4.79 Å². The molecule has 2 aromatic rings. The second-order valence-electron chi connectivity index (χ2n) is 6.06. The molecule has 0 aliphatic carbocycles. The van der Waals surface area contributed by atoms with Crippen molar-refractivity contribution < 1.29 is 14.4 Å². The molecule has 1 unspecified atom stereocenters. The SMILES string of the molecule is CC(CCCO)NC(=O)Nc1ccc(-c2nc(C(C)C)no2)cc1. The molecule has 0 saturated heterocycles. The largest absolute Gasteiger partial charge is 0.396 e. The summed E-state index contributed by atoms with van der Waals surface area (Å²) in [7, 11) is 0. The molecule has 0 bridgehead atoms. The third kappa shape index (κ3) is 5.06. The number of nitrogens with one attached hydrogen (secondary N) is 2. The predicted octanol–water partition coefficient (Wildman–Crippen LogP) is 3.14. The minimum absolute atomic E-state index is 0.00395. The number of anilines is 1. The van der Waals surface area contributed by atoms with Crippen molar-refractivity contribution in [3.05, 3.63) is 30.1 Å². The van der Waals surface area contributed by atoms with Crippen molar-refractivity contribution in [2.24, 2.45) is 0 Å². The Labute approximate surface area is 141 Å². The number of hydrogen-bond acceptors (Lipinski definition) is 5. The lowest BCUT2D eigenvalue weighted by Crippen LogP contribution is -2.36. The van der Waals surface area contributed by atoms with Gasteiger partial charge in [0, 0.05) is 29.8 Å². The number of carbonyl (C=O) groups is 1. The van der Waals surface area contributed by atoms with Gasteiger partial charge >= 0.3 is 6.03 Å². The van der Waals surface area contributed by atoms with E-state index in [2.05, 4.69) is 20.8 Å². The fraction of sp³-hybridized carbons (Fsp3) is 0.471. The maximum Gasteiger partial charge on any atom is 0.319 e. The van der Waals surface area contributed by atoms with E-state index in [0.717, 1.165) is 12.0 Å². The second-order valence-corrected chi connectivity index (χ2v) is 6.06. The Bertz CT molecular complexity index is 652. The first-order valence-corrected chi connectivity index (χ1v) is 8.12. The summed E-state index contributed by atoms with van der Waals surface area (Å²) < 4.78 is 5.24. The number of rotatable bonds is 7. The van der Waals surface area contributed by atoms with Crippen molar-refractivity contribution in [3.8, 4) is 11.5 Å². The summed E-state index contributed by atoms with van der Waals surface area (Å²) in [6, 6.07) is 6.95. The number of aliphatic hydroxyl groups excluding tert-OH is 1. The van der Waals surface area contributed by atoms with E-state index in [1.807, 2.05) is 32.9 Å². The summed E-state index contributed by atoms with van der Waals surface area (Å²) in [5.41, 5.74) is 1.48. The minimum atomic E-state index is -0.270. The standard InChI is InChI=1S/C17H24N4O3/c1-11(2)15-20-16(24-21-15)13-6-8-14(9-7-13)19-17(23)18-12(3)5-4-10-22/h6-9,11-12,22H,4-5,10H2,1-3H3,(H2,18,19,23). The third-order valence-corrected chi connectivity index (χ3v) is 3.52. The van der Waals surface area contributed by atoms with Crippen LogP contribution in [0.1, 0.15) is 45.4 Å². The molecule has 2 amide bonds. The minimum Gasteiger partial charge on any atom is -0.396 e. The number of nitrogens with zero attached hydrogens (tertiary/aromatic N) is 2. The van der Waals surface area contributed by atoms with Gasteiger partial charge in [-0.05, 0) is 44.0 Å². The highest BCUT2D eigenvalue weighted by Gasteiger charge is 2.12. The average molecular weight is 332 g/mol. The van der Waals surface area contributed by atoms with Crippen LogP contribution in [0.15, 0.2) is 28.8 Å². The molecule has 1 heterocycles. The van der Waals surface area contributed by atoms with Gasteiger partial charge in [0.2, 0.25) is 0 Å². The highest BCUT2D eigenvalue weighted by Crippen LogP contribution is 2.21. The Morgan fingerprint density at radius 3 is 2.54 bits per heavy atom. The first-order valence-electron chi connectivity index (χ1n) is 8.12. The Morgan fingerprint density at radius 2 is 1.96 bits per heavy atom. The molecule has 1 aromatic carbocycles. The van der Waals surface area contributed by atoms with Crippen molar-refractivity contribution in [3.63, 3.8) is 0 Å². The van der Waals surface area contributed by atoms with Gasteiger partial charge in [-0.1, -0.05) is 19.0 Å². The normalized spacial score (nSPS) is 12.2. The van der Waals surface area contributed by atoms with Crippen molar-refractivity contribution in [1.82, 2.24) is 15.5 Å². The summed E-state index contributed by atoms with van der Waals surface area (Å²) in [5.74, 6) is 1.34. The maximum atomic E-state index is 11.9. The number of aliphatic hydroxyl groups is 1. The number of amides is 2. The zero-order valence-electron chi connectivity index (χ0n) is 14.2. The van der Waals surface area contributed by atoms with Crippen LogP contribution in [0.4, 0.5) is 10.5 Å². The lowest BCUT2D eigenvalue weighted by molar-refractivity contribution is 0.245. The van der Waals surface area contributed by atoms with Crippen LogP contribution >= 0.6 is 0 Å². The van der Waals surface area contributed by atoms with E-state index in [1.165, 1.54) is 0 Å². The highest BCUT2D eigenvalue weighted by molar-refractivity contribution is 5.89. The Hall–Kier alpha value is -2.41. The molecule has 130 valence electrons. The van der Waals surface area contributed by atoms with E-state index in [1.54, 1.807) is 12.1 Å². The first-order chi connectivity index (χ1) is 11.5. The van der Waals surface area contributed by atoms with E-state index >= 15 is 0 Å². The number of carbonyl (C=O) groups excluding carboxylic acids is 1. The molecule has 0 radical (unpaired) electrons. The van der Waals surface area contributed by atoms with Gasteiger partial charge in [-0.15, -0.1) is 0 Å². The van der Waals surface area contributed by atoms with Crippen molar-refractivity contribution in [2.75, 3.05) is 11.9 Å². The molecular weight excluding hydrogens is 308 g/mol. The molecule has 1 atom stereocenters. The number of hydrogen-bond donors (Lipinski definition) is 3. The summed E-state index contributed by atoms with van der Waals surface area (Å²) in [6.45, 7) is 6.03. The Kier molecular flexibility index (Phi) is 6.31. The zero-order valence-corrected chi connectivity index (χ0v) is 14.2. The van der Waals surface area contributed by atoms with Crippen molar-refractivity contribution >= 4 is 11.7 Å². The topological polar surface area (TPSA) is 100 Å².